The van der Waals surface area contributed by atoms with E-state index in [4.69, 9.17) is 0 Å². The van der Waals surface area contributed by atoms with Gasteiger partial charge in [-0.3, -0.25) is 9.89 Å². The van der Waals surface area contributed by atoms with Crippen molar-refractivity contribution in [3.63, 3.8) is 0 Å². The fourth-order valence-electron chi connectivity index (χ4n) is 3.32. The van der Waals surface area contributed by atoms with Crippen LogP contribution in [-0.2, 0) is 0 Å². The fraction of sp³-hybridized carbons (Fsp3) is 0.632. The first-order chi connectivity index (χ1) is 11.8. The van der Waals surface area contributed by atoms with E-state index in [2.05, 4.69) is 48.2 Å². The standard InChI is InChI=1S/C19H30F2N4/c1-12(2)25(13(3)4)10-9-23-19(22-5)24-17-11-14(17)18-15(20)7-6-8-16(18)21/h6-8,12-14,17H,9-11H2,1-5H3,(H2,22,23,24). The van der Waals surface area contributed by atoms with Crippen molar-refractivity contribution in [3.8, 4) is 0 Å². The molecule has 1 saturated carbocycles. The van der Waals surface area contributed by atoms with Gasteiger partial charge in [0.05, 0.1) is 0 Å². The number of benzene rings is 1. The topological polar surface area (TPSA) is 39.7 Å². The number of guanidine groups is 1. The normalized spacial score (nSPS) is 20.5. The Morgan fingerprint density at radius 3 is 2.32 bits per heavy atom. The molecule has 2 atom stereocenters. The van der Waals surface area contributed by atoms with Gasteiger partial charge in [-0.25, -0.2) is 8.78 Å². The van der Waals surface area contributed by atoms with Gasteiger partial charge in [-0.15, -0.1) is 0 Å². The van der Waals surface area contributed by atoms with Crippen molar-refractivity contribution in [2.24, 2.45) is 4.99 Å². The molecule has 1 aromatic carbocycles. The second-order valence-corrected chi connectivity index (χ2v) is 7.15. The van der Waals surface area contributed by atoms with Crippen molar-refractivity contribution in [1.82, 2.24) is 15.5 Å². The van der Waals surface area contributed by atoms with E-state index in [1.807, 2.05) is 0 Å². The lowest BCUT2D eigenvalue weighted by Crippen LogP contribution is -2.45. The molecule has 1 aromatic rings. The molecule has 1 aliphatic carbocycles. The Hall–Kier alpha value is -1.69. The summed E-state index contributed by atoms with van der Waals surface area (Å²) in [7, 11) is 1.71. The summed E-state index contributed by atoms with van der Waals surface area (Å²) in [5.74, 6) is -0.400. The highest BCUT2D eigenvalue weighted by Crippen LogP contribution is 2.42. The lowest BCUT2D eigenvalue weighted by molar-refractivity contribution is 0.178. The molecule has 0 amide bonds. The molecule has 2 unspecified atom stereocenters. The third kappa shape index (κ3) is 5.14. The van der Waals surface area contributed by atoms with Crippen LogP contribution >= 0.6 is 0 Å². The second kappa shape index (κ2) is 8.61. The van der Waals surface area contributed by atoms with E-state index in [9.17, 15) is 8.78 Å². The van der Waals surface area contributed by atoms with Crippen LogP contribution in [-0.4, -0.2) is 49.1 Å². The Morgan fingerprint density at radius 1 is 1.20 bits per heavy atom. The van der Waals surface area contributed by atoms with E-state index >= 15 is 0 Å². The van der Waals surface area contributed by atoms with Gasteiger partial charge in [0.25, 0.3) is 0 Å². The number of nitrogens with one attached hydrogen (secondary N) is 2. The molecule has 0 bridgehead atoms. The van der Waals surface area contributed by atoms with Gasteiger partial charge in [0, 0.05) is 49.7 Å². The molecule has 6 heteroatoms. The summed E-state index contributed by atoms with van der Waals surface area (Å²) in [5.41, 5.74) is 0.182. The maximum Gasteiger partial charge on any atom is 0.191 e. The highest BCUT2D eigenvalue weighted by molar-refractivity contribution is 5.80. The molecule has 140 valence electrons. The van der Waals surface area contributed by atoms with Crippen molar-refractivity contribution in [2.45, 2.75) is 58.2 Å². The lowest BCUT2D eigenvalue weighted by atomic mass is 10.1. The van der Waals surface area contributed by atoms with Crippen LogP contribution in [0, 0.1) is 11.6 Å². The van der Waals surface area contributed by atoms with Gasteiger partial charge in [0.1, 0.15) is 11.6 Å². The summed E-state index contributed by atoms with van der Waals surface area (Å²) in [6.07, 6.45) is 0.711. The third-order valence-corrected chi connectivity index (χ3v) is 4.70. The Balaban J connectivity index is 1.84. The number of hydrogen-bond donors (Lipinski definition) is 2. The predicted molar refractivity (Wildman–Crippen MR) is 99.0 cm³/mol. The quantitative estimate of drug-likeness (QED) is 0.585. The maximum atomic E-state index is 13.9. The van der Waals surface area contributed by atoms with E-state index in [0.29, 0.717) is 24.5 Å². The van der Waals surface area contributed by atoms with Gasteiger partial charge >= 0.3 is 0 Å². The molecule has 0 aliphatic heterocycles. The number of nitrogens with zero attached hydrogens (tertiary/aromatic N) is 2. The first-order valence-electron chi connectivity index (χ1n) is 9.02. The zero-order chi connectivity index (χ0) is 18.6. The molecular formula is C19H30F2N4. The molecule has 1 fully saturated rings. The average Bonchev–Trinajstić information content (AvgIpc) is 3.28. The van der Waals surface area contributed by atoms with E-state index in [-0.39, 0.29) is 17.5 Å². The van der Waals surface area contributed by atoms with Crippen molar-refractivity contribution < 1.29 is 8.78 Å². The van der Waals surface area contributed by atoms with Gasteiger partial charge in [0.15, 0.2) is 5.96 Å². The van der Waals surface area contributed by atoms with E-state index in [1.165, 1.54) is 18.2 Å². The molecule has 2 rings (SSSR count). The van der Waals surface area contributed by atoms with Crippen molar-refractivity contribution in [1.29, 1.82) is 0 Å². The molecule has 0 radical (unpaired) electrons. The SMILES string of the molecule is CN=C(NCCN(C(C)C)C(C)C)NC1CC1c1c(F)cccc1F. The van der Waals surface area contributed by atoms with Gasteiger partial charge in [-0.2, -0.15) is 0 Å². The Labute approximate surface area is 149 Å². The Morgan fingerprint density at radius 2 is 1.80 bits per heavy atom. The lowest BCUT2D eigenvalue weighted by Gasteiger charge is -2.30. The Kier molecular flexibility index (Phi) is 6.76. The Bertz CT molecular complexity index is 573. The molecule has 4 nitrogen and oxygen atoms in total. The highest BCUT2D eigenvalue weighted by atomic mass is 19.1. The van der Waals surface area contributed by atoms with Crippen molar-refractivity contribution in [2.75, 3.05) is 20.1 Å². The summed E-state index contributed by atoms with van der Waals surface area (Å²) in [5, 5.41) is 6.55. The smallest absolute Gasteiger partial charge is 0.191 e. The average molecular weight is 352 g/mol. The van der Waals surface area contributed by atoms with Crippen LogP contribution in [0.4, 0.5) is 8.78 Å². The first kappa shape index (κ1) is 19.6. The zero-order valence-corrected chi connectivity index (χ0v) is 15.8. The predicted octanol–water partition coefficient (Wildman–Crippen LogP) is 3.10. The van der Waals surface area contributed by atoms with E-state index in [1.54, 1.807) is 7.05 Å². The molecule has 0 spiro atoms. The molecule has 1 aliphatic rings. The van der Waals surface area contributed by atoms with Crippen LogP contribution < -0.4 is 10.6 Å². The summed E-state index contributed by atoms with van der Waals surface area (Å²) in [6, 6.07) is 5.00. The summed E-state index contributed by atoms with van der Waals surface area (Å²) in [4.78, 5) is 6.61. The van der Waals surface area contributed by atoms with Crippen molar-refractivity contribution in [3.05, 3.63) is 35.4 Å². The van der Waals surface area contributed by atoms with Gasteiger partial charge in [-0.1, -0.05) is 6.07 Å². The monoisotopic (exact) mass is 352 g/mol. The maximum absolute atomic E-state index is 13.9. The van der Waals surface area contributed by atoms with Crippen LogP contribution in [0.1, 0.15) is 45.6 Å². The highest BCUT2D eigenvalue weighted by Gasteiger charge is 2.42. The minimum atomic E-state index is -0.471. The third-order valence-electron chi connectivity index (χ3n) is 4.70. The van der Waals surface area contributed by atoms with E-state index < -0.39 is 11.6 Å². The minimum absolute atomic E-state index is 0.0175. The number of hydrogen-bond acceptors (Lipinski definition) is 2. The fourth-order valence-corrected chi connectivity index (χ4v) is 3.32. The van der Waals surface area contributed by atoms with Crippen LogP contribution in [0.25, 0.3) is 0 Å². The summed E-state index contributed by atoms with van der Waals surface area (Å²) in [6.45, 7) is 10.4. The molecule has 0 heterocycles. The van der Waals surface area contributed by atoms with Gasteiger partial charge < -0.3 is 10.6 Å². The van der Waals surface area contributed by atoms with Crippen LogP contribution in [0.2, 0.25) is 0 Å². The molecule has 0 saturated heterocycles. The van der Waals surface area contributed by atoms with Crippen molar-refractivity contribution >= 4 is 5.96 Å². The van der Waals surface area contributed by atoms with Crippen LogP contribution in [0.3, 0.4) is 0 Å². The number of rotatable bonds is 7. The first-order valence-corrected chi connectivity index (χ1v) is 9.02. The largest absolute Gasteiger partial charge is 0.355 e. The molecule has 25 heavy (non-hydrogen) atoms. The summed E-state index contributed by atoms with van der Waals surface area (Å²) >= 11 is 0. The van der Waals surface area contributed by atoms with Gasteiger partial charge in [0.2, 0.25) is 0 Å². The zero-order valence-electron chi connectivity index (χ0n) is 15.8. The minimum Gasteiger partial charge on any atom is -0.355 e. The number of halogens is 2. The molecule has 0 aromatic heterocycles. The summed E-state index contributed by atoms with van der Waals surface area (Å²) < 4.78 is 27.7. The van der Waals surface area contributed by atoms with Gasteiger partial charge in [-0.05, 0) is 46.2 Å². The second-order valence-electron chi connectivity index (χ2n) is 7.15. The number of aliphatic imine (C=N–C) groups is 1. The van der Waals surface area contributed by atoms with Crippen LogP contribution in [0.15, 0.2) is 23.2 Å². The molecule has 2 N–H and O–H groups in total. The van der Waals surface area contributed by atoms with E-state index in [0.717, 1.165) is 13.1 Å². The van der Waals surface area contributed by atoms with Crippen LogP contribution in [0.5, 0.6) is 0 Å². The molecular weight excluding hydrogens is 322 g/mol.